The van der Waals surface area contributed by atoms with Gasteiger partial charge < -0.3 is 0 Å². The number of hydrogen-bond acceptors (Lipinski definition) is 4. The van der Waals surface area contributed by atoms with Crippen molar-refractivity contribution in [3.05, 3.63) is 16.5 Å². The van der Waals surface area contributed by atoms with Crippen LogP contribution < -0.4 is 4.72 Å². The zero-order chi connectivity index (χ0) is 14.0. The molecule has 0 saturated carbocycles. The highest BCUT2D eigenvalue weighted by Crippen LogP contribution is 2.21. The van der Waals surface area contributed by atoms with Crippen molar-refractivity contribution < 1.29 is 8.42 Å². The molecule has 1 atom stereocenters. The van der Waals surface area contributed by atoms with Crippen LogP contribution in [0, 0.1) is 5.92 Å². The minimum atomic E-state index is -3.63. The lowest BCUT2D eigenvalue weighted by atomic mass is 10.0. The van der Waals surface area contributed by atoms with Crippen LogP contribution in [-0.4, -0.2) is 35.8 Å². The quantitative estimate of drug-likeness (QED) is 0.683. The Morgan fingerprint density at radius 2 is 2.16 bits per heavy atom. The maximum Gasteiger partial charge on any atom is 0.302 e. The predicted molar refractivity (Wildman–Crippen MR) is 74.6 cm³/mol. The van der Waals surface area contributed by atoms with Gasteiger partial charge >= 0.3 is 10.2 Å². The largest absolute Gasteiger partial charge is 0.302 e. The van der Waals surface area contributed by atoms with Crippen molar-refractivity contribution in [1.29, 1.82) is 0 Å². The molecule has 0 spiro atoms. The van der Waals surface area contributed by atoms with Crippen molar-refractivity contribution in [3.8, 4) is 0 Å². The second-order valence-electron chi connectivity index (χ2n) is 4.56. The molecule has 0 amide bonds. The van der Waals surface area contributed by atoms with E-state index in [9.17, 15) is 8.42 Å². The highest BCUT2D eigenvalue weighted by Gasteiger charge is 2.27. The third kappa shape index (κ3) is 3.92. The average molecular weight is 325 g/mol. The Labute approximate surface area is 122 Å². The number of anilines is 1. The highest BCUT2D eigenvalue weighted by molar-refractivity contribution is 7.90. The number of piperidine rings is 1. The molecule has 1 aromatic heterocycles. The molecule has 0 aromatic carbocycles. The molecular formula is C10H14Cl2N4O2S. The van der Waals surface area contributed by atoms with Crippen LogP contribution in [0.4, 0.5) is 5.82 Å². The maximum atomic E-state index is 12.2. The molecule has 106 valence electrons. The van der Waals surface area contributed by atoms with E-state index in [-0.39, 0.29) is 16.3 Å². The van der Waals surface area contributed by atoms with E-state index in [1.165, 1.54) is 10.4 Å². The standard InChI is InChI=1S/C10H14Cl2N4O2S/c1-7-3-2-4-16(6-7)19(17,18)15-9-5-8(11)13-10(12)14-9/h5,7H,2-4,6H2,1H3,(H,13,14,15). The molecule has 2 rings (SSSR count). The summed E-state index contributed by atoms with van der Waals surface area (Å²) in [4.78, 5) is 7.45. The maximum absolute atomic E-state index is 12.2. The summed E-state index contributed by atoms with van der Waals surface area (Å²) in [5.74, 6) is 0.422. The molecule has 9 heteroatoms. The second kappa shape index (κ2) is 5.78. The fraction of sp³-hybridized carbons (Fsp3) is 0.600. The first-order valence-electron chi connectivity index (χ1n) is 5.85. The summed E-state index contributed by atoms with van der Waals surface area (Å²) in [7, 11) is -3.63. The van der Waals surface area contributed by atoms with Crippen LogP contribution in [0.15, 0.2) is 6.07 Å². The van der Waals surface area contributed by atoms with Crippen LogP contribution in [-0.2, 0) is 10.2 Å². The fourth-order valence-corrected chi connectivity index (χ4v) is 3.73. The lowest BCUT2D eigenvalue weighted by Gasteiger charge is -2.29. The molecule has 1 aliphatic rings. The van der Waals surface area contributed by atoms with Crippen molar-refractivity contribution in [2.24, 2.45) is 5.92 Å². The van der Waals surface area contributed by atoms with E-state index in [4.69, 9.17) is 23.2 Å². The molecule has 1 fully saturated rings. The number of hydrogen-bond donors (Lipinski definition) is 1. The van der Waals surface area contributed by atoms with Gasteiger partial charge in [-0.15, -0.1) is 0 Å². The van der Waals surface area contributed by atoms with Gasteiger partial charge in [0.1, 0.15) is 11.0 Å². The number of nitrogens with zero attached hydrogens (tertiary/aromatic N) is 3. The first-order valence-corrected chi connectivity index (χ1v) is 8.04. The van der Waals surface area contributed by atoms with Gasteiger partial charge in [-0.1, -0.05) is 18.5 Å². The Morgan fingerprint density at radius 1 is 1.42 bits per heavy atom. The molecule has 1 aromatic rings. The minimum absolute atomic E-state index is 0.0724. The first-order chi connectivity index (χ1) is 8.87. The van der Waals surface area contributed by atoms with Crippen LogP contribution >= 0.6 is 23.2 Å². The third-order valence-electron chi connectivity index (χ3n) is 2.86. The fourth-order valence-electron chi connectivity index (χ4n) is 2.00. The lowest BCUT2D eigenvalue weighted by Crippen LogP contribution is -2.42. The van der Waals surface area contributed by atoms with Gasteiger partial charge in [-0.2, -0.15) is 17.7 Å². The molecule has 0 aliphatic carbocycles. The van der Waals surface area contributed by atoms with Crippen LogP contribution in [0.5, 0.6) is 0 Å². The van der Waals surface area contributed by atoms with Crippen LogP contribution in [0.25, 0.3) is 0 Å². The summed E-state index contributed by atoms with van der Waals surface area (Å²) < 4.78 is 28.2. The van der Waals surface area contributed by atoms with E-state index in [1.807, 2.05) is 6.92 Å². The van der Waals surface area contributed by atoms with Crippen molar-refractivity contribution >= 4 is 39.2 Å². The Kier molecular flexibility index (Phi) is 4.50. The van der Waals surface area contributed by atoms with Gasteiger partial charge in [-0.3, -0.25) is 4.72 Å². The predicted octanol–water partition coefficient (Wildman–Crippen LogP) is 2.17. The normalized spacial score (nSPS) is 21.3. The SMILES string of the molecule is CC1CCCN(S(=O)(=O)Nc2cc(Cl)nc(Cl)n2)C1. The topological polar surface area (TPSA) is 75.2 Å². The molecule has 1 aliphatic heterocycles. The molecule has 0 bridgehead atoms. The number of halogens is 2. The van der Waals surface area contributed by atoms with Crippen LogP contribution in [0.3, 0.4) is 0 Å². The summed E-state index contributed by atoms with van der Waals surface area (Å²) >= 11 is 11.3. The van der Waals surface area contributed by atoms with Crippen LogP contribution in [0.2, 0.25) is 10.4 Å². The van der Waals surface area contributed by atoms with Crippen LogP contribution in [0.1, 0.15) is 19.8 Å². The minimum Gasteiger partial charge on any atom is -0.254 e. The lowest BCUT2D eigenvalue weighted by molar-refractivity contribution is 0.282. The van der Waals surface area contributed by atoms with Gasteiger partial charge in [0.15, 0.2) is 0 Å². The molecule has 2 heterocycles. The average Bonchev–Trinajstić information content (AvgIpc) is 2.26. The smallest absolute Gasteiger partial charge is 0.254 e. The highest BCUT2D eigenvalue weighted by atomic mass is 35.5. The van der Waals surface area contributed by atoms with Gasteiger partial charge in [0, 0.05) is 19.2 Å². The molecular weight excluding hydrogens is 311 g/mol. The van der Waals surface area contributed by atoms with Gasteiger partial charge in [-0.25, -0.2) is 4.98 Å². The number of aromatic nitrogens is 2. The Balaban J connectivity index is 2.16. The van der Waals surface area contributed by atoms with Crippen molar-refractivity contribution in [1.82, 2.24) is 14.3 Å². The zero-order valence-electron chi connectivity index (χ0n) is 10.3. The van der Waals surface area contributed by atoms with Gasteiger partial charge in [0.05, 0.1) is 0 Å². The summed E-state index contributed by atoms with van der Waals surface area (Å²) in [6.07, 6.45) is 1.89. The third-order valence-corrected chi connectivity index (χ3v) is 4.70. The van der Waals surface area contributed by atoms with E-state index in [0.29, 0.717) is 19.0 Å². The Hall–Kier alpha value is -0.630. The zero-order valence-corrected chi connectivity index (χ0v) is 12.6. The Morgan fingerprint density at radius 3 is 2.79 bits per heavy atom. The van der Waals surface area contributed by atoms with Crippen molar-refractivity contribution in [3.63, 3.8) is 0 Å². The van der Waals surface area contributed by atoms with Crippen molar-refractivity contribution in [2.45, 2.75) is 19.8 Å². The van der Waals surface area contributed by atoms with E-state index < -0.39 is 10.2 Å². The Bertz CT molecular complexity index is 546. The van der Waals surface area contributed by atoms with E-state index in [0.717, 1.165) is 12.8 Å². The molecule has 0 radical (unpaired) electrons. The molecule has 19 heavy (non-hydrogen) atoms. The molecule has 1 saturated heterocycles. The monoisotopic (exact) mass is 324 g/mol. The summed E-state index contributed by atoms with van der Waals surface area (Å²) in [6.45, 7) is 3.04. The van der Waals surface area contributed by atoms with Gasteiger partial charge in [0.25, 0.3) is 0 Å². The van der Waals surface area contributed by atoms with E-state index in [2.05, 4.69) is 14.7 Å². The molecule has 6 nitrogen and oxygen atoms in total. The van der Waals surface area contributed by atoms with Gasteiger partial charge in [-0.05, 0) is 30.4 Å². The van der Waals surface area contributed by atoms with Crippen molar-refractivity contribution in [2.75, 3.05) is 17.8 Å². The second-order valence-corrected chi connectivity index (χ2v) is 6.95. The first kappa shape index (κ1) is 14.8. The van der Waals surface area contributed by atoms with Gasteiger partial charge in [0.2, 0.25) is 5.28 Å². The summed E-state index contributed by atoms with van der Waals surface area (Å²) in [5, 5.41) is -0.0121. The molecule has 1 N–H and O–H groups in total. The summed E-state index contributed by atoms with van der Waals surface area (Å²) in [5.41, 5.74) is 0. The summed E-state index contributed by atoms with van der Waals surface area (Å²) in [6, 6.07) is 1.32. The number of nitrogens with one attached hydrogen (secondary N) is 1. The molecule has 1 unspecified atom stereocenters. The number of rotatable bonds is 3. The van der Waals surface area contributed by atoms with E-state index in [1.54, 1.807) is 0 Å². The van der Waals surface area contributed by atoms with E-state index >= 15 is 0 Å².